The first-order valence-corrected chi connectivity index (χ1v) is 9.45. The van der Waals surface area contributed by atoms with Gasteiger partial charge >= 0.3 is 11.9 Å². The van der Waals surface area contributed by atoms with Crippen molar-refractivity contribution in [2.24, 2.45) is 0 Å². The third kappa shape index (κ3) is 6.61. The number of nitrogens with zero attached hydrogens (tertiary/aromatic N) is 2. The third-order valence-corrected chi connectivity index (χ3v) is 4.70. The van der Waals surface area contributed by atoms with E-state index in [9.17, 15) is 4.79 Å². The molecule has 2 aromatic rings. The molecule has 0 saturated carbocycles. The molecular weight excluding hydrogens is 448 g/mol. The molecule has 1 amide bonds. The number of hydrogen-bond acceptors (Lipinski definition) is 6. The summed E-state index contributed by atoms with van der Waals surface area (Å²) in [6.07, 6.45) is 1.53. The Kier molecular flexibility index (Phi) is 8.22. The number of carbonyl (C=O) groups excluding carboxylic acids is 1. The Labute approximate surface area is 175 Å². The Hall–Kier alpha value is -2.85. The van der Waals surface area contributed by atoms with Crippen molar-refractivity contribution in [1.82, 2.24) is 9.80 Å². The first-order valence-electron chi connectivity index (χ1n) is 8.65. The quantitative estimate of drug-likeness (QED) is 0.654. The number of amides is 1. The summed E-state index contributed by atoms with van der Waals surface area (Å²) in [5, 5.41) is 14.8. The van der Waals surface area contributed by atoms with Gasteiger partial charge in [-0.1, -0.05) is 15.9 Å². The second-order valence-electron chi connectivity index (χ2n) is 6.11. The second-order valence-corrected chi connectivity index (χ2v) is 7.03. The molecule has 29 heavy (non-hydrogen) atoms. The maximum absolute atomic E-state index is 12.3. The highest BCUT2D eigenvalue weighted by atomic mass is 79.9. The number of carboxylic acids is 2. The highest BCUT2D eigenvalue weighted by molar-refractivity contribution is 9.10. The van der Waals surface area contributed by atoms with Crippen molar-refractivity contribution < 1.29 is 33.8 Å². The molecule has 3 rings (SSSR count). The molecule has 2 N–H and O–H groups in total. The van der Waals surface area contributed by atoms with Crippen LogP contribution in [-0.2, 0) is 16.1 Å². The molecule has 1 aromatic carbocycles. The average molecular weight is 469 g/mol. The Morgan fingerprint density at radius 1 is 1.10 bits per heavy atom. The van der Waals surface area contributed by atoms with Gasteiger partial charge in [0.1, 0.15) is 5.75 Å². The van der Waals surface area contributed by atoms with Crippen LogP contribution < -0.4 is 4.74 Å². The summed E-state index contributed by atoms with van der Waals surface area (Å²) in [6.45, 7) is 3.89. The number of hydrogen-bond donors (Lipinski definition) is 2. The Bertz CT molecular complexity index is 834. The zero-order valence-corrected chi connectivity index (χ0v) is 17.3. The van der Waals surface area contributed by atoms with Crippen molar-refractivity contribution in [3.05, 3.63) is 52.4 Å². The van der Waals surface area contributed by atoms with Crippen molar-refractivity contribution in [2.45, 2.75) is 6.54 Å². The summed E-state index contributed by atoms with van der Waals surface area (Å²) < 4.78 is 11.7. The van der Waals surface area contributed by atoms with Crippen LogP contribution in [0, 0.1) is 0 Å². The van der Waals surface area contributed by atoms with Crippen molar-refractivity contribution >= 4 is 33.8 Å². The summed E-state index contributed by atoms with van der Waals surface area (Å²) in [5.41, 5.74) is 1.15. The van der Waals surface area contributed by atoms with Crippen molar-refractivity contribution in [1.29, 1.82) is 0 Å². The van der Waals surface area contributed by atoms with E-state index in [1.807, 2.05) is 17.0 Å². The van der Waals surface area contributed by atoms with Gasteiger partial charge in [0.15, 0.2) is 5.76 Å². The molecule has 0 aliphatic carbocycles. The first-order chi connectivity index (χ1) is 13.8. The topological polar surface area (TPSA) is 121 Å². The molecule has 1 aliphatic heterocycles. The van der Waals surface area contributed by atoms with E-state index in [0.29, 0.717) is 18.8 Å². The van der Waals surface area contributed by atoms with Gasteiger partial charge in [0.2, 0.25) is 0 Å². The van der Waals surface area contributed by atoms with Gasteiger partial charge in [0.05, 0.1) is 13.4 Å². The SMILES string of the molecule is COc1ccc(Br)cc1CN1CCN(C(=O)c2ccco2)CC1.O=C(O)C(=O)O. The number of aliphatic carboxylic acids is 2. The van der Waals surface area contributed by atoms with Gasteiger partial charge in [0, 0.05) is 42.8 Å². The van der Waals surface area contributed by atoms with Gasteiger partial charge in [0.25, 0.3) is 5.91 Å². The number of halogens is 1. The number of ether oxygens (including phenoxy) is 1. The van der Waals surface area contributed by atoms with Crippen LogP contribution in [0.4, 0.5) is 0 Å². The zero-order chi connectivity index (χ0) is 21.4. The van der Waals surface area contributed by atoms with E-state index < -0.39 is 11.9 Å². The fourth-order valence-electron chi connectivity index (χ4n) is 2.78. The van der Waals surface area contributed by atoms with Crippen LogP contribution in [0.2, 0.25) is 0 Å². The molecule has 1 saturated heterocycles. The van der Waals surface area contributed by atoms with Crippen LogP contribution in [0.15, 0.2) is 45.5 Å². The molecule has 0 radical (unpaired) electrons. The predicted octanol–water partition coefficient (Wildman–Crippen LogP) is 2.16. The molecule has 156 valence electrons. The van der Waals surface area contributed by atoms with Crippen molar-refractivity contribution in [3.63, 3.8) is 0 Å². The minimum Gasteiger partial charge on any atom is -0.496 e. The number of benzene rings is 1. The molecule has 1 fully saturated rings. The number of carbonyl (C=O) groups is 3. The normalized spacial score (nSPS) is 13.9. The number of piperazine rings is 1. The van der Waals surface area contributed by atoms with E-state index in [4.69, 9.17) is 29.0 Å². The maximum Gasteiger partial charge on any atom is 0.414 e. The molecule has 2 heterocycles. The smallest absolute Gasteiger partial charge is 0.414 e. The van der Waals surface area contributed by atoms with Gasteiger partial charge in [-0.05, 0) is 30.3 Å². The van der Waals surface area contributed by atoms with Gasteiger partial charge in [-0.25, -0.2) is 9.59 Å². The summed E-state index contributed by atoms with van der Waals surface area (Å²) >= 11 is 3.50. The molecule has 10 heteroatoms. The lowest BCUT2D eigenvalue weighted by atomic mass is 10.1. The minimum absolute atomic E-state index is 0.0327. The van der Waals surface area contributed by atoms with Gasteiger partial charge in [-0.2, -0.15) is 0 Å². The second kappa shape index (κ2) is 10.6. The maximum atomic E-state index is 12.3. The van der Waals surface area contributed by atoms with Gasteiger partial charge in [-0.3, -0.25) is 9.69 Å². The van der Waals surface area contributed by atoms with E-state index in [0.717, 1.165) is 35.4 Å². The Morgan fingerprint density at radius 3 is 2.28 bits per heavy atom. The van der Waals surface area contributed by atoms with Crippen LogP contribution in [0.3, 0.4) is 0 Å². The molecule has 9 nitrogen and oxygen atoms in total. The molecule has 0 atom stereocenters. The molecule has 0 bridgehead atoms. The fourth-order valence-corrected chi connectivity index (χ4v) is 3.19. The molecule has 1 aliphatic rings. The van der Waals surface area contributed by atoms with Crippen molar-refractivity contribution in [3.8, 4) is 5.75 Å². The molecule has 1 aromatic heterocycles. The summed E-state index contributed by atoms with van der Waals surface area (Å²) in [6, 6.07) is 9.47. The van der Waals surface area contributed by atoms with Crippen molar-refractivity contribution in [2.75, 3.05) is 33.3 Å². The van der Waals surface area contributed by atoms with E-state index in [2.05, 4.69) is 26.9 Å². The molecule has 0 spiro atoms. The monoisotopic (exact) mass is 468 g/mol. The highest BCUT2D eigenvalue weighted by Crippen LogP contribution is 2.24. The zero-order valence-electron chi connectivity index (χ0n) is 15.7. The van der Waals surface area contributed by atoms with Gasteiger partial charge in [-0.15, -0.1) is 0 Å². The largest absolute Gasteiger partial charge is 0.496 e. The Morgan fingerprint density at radius 2 is 1.76 bits per heavy atom. The Balaban J connectivity index is 0.000000438. The third-order valence-electron chi connectivity index (χ3n) is 4.21. The first kappa shape index (κ1) is 22.4. The average Bonchev–Trinajstić information content (AvgIpc) is 3.23. The van der Waals surface area contributed by atoms with E-state index in [1.54, 1.807) is 19.2 Å². The van der Waals surface area contributed by atoms with E-state index in [1.165, 1.54) is 6.26 Å². The van der Waals surface area contributed by atoms with E-state index in [-0.39, 0.29) is 5.91 Å². The highest BCUT2D eigenvalue weighted by Gasteiger charge is 2.24. The van der Waals surface area contributed by atoms with Crippen LogP contribution in [0.1, 0.15) is 16.1 Å². The summed E-state index contributed by atoms with van der Waals surface area (Å²) in [5.74, 6) is -2.38. The predicted molar refractivity (Wildman–Crippen MR) is 106 cm³/mol. The lowest BCUT2D eigenvalue weighted by Crippen LogP contribution is -2.48. The van der Waals surface area contributed by atoms with Crippen LogP contribution >= 0.6 is 15.9 Å². The van der Waals surface area contributed by atoms with Crippen LogP contribution in [-0.4, -0.2) is 71.1 Å². The number of carboxylic acid groups (broad SMARTS) is 2. The summed E-state index contributed by atoms with van der Waals surface area (Å²) in [7, 11) is 1.69. The van der Waals surface area contributed by atoms with Crippen LogP contribution in [0.25, 0.3) is 0 Å². The fraction of sp³-hybridized carbons (Fsp3) is 0.316. The number of furan rings is 1. The number of rotatable bonds is 4. The lowest BCUT2D eigenvalue weighted by Gasteiger charge is -2.34. The minimum atomic E-state index is -1.82. The molecular formula is C19H21BrN2O7. The van der Waals surface area contributed by atoms with Crippen LogP contribution in [0.5, 0.6) is 5.75 Å². The summed E-state index contributed by atoms with van der Waals surface area (Å²) in [4.78, 5) is 34.6. The van der Waals surface area contributed by atoms with E-state index >= 15 is 0 Å². The lowest BCUT2D eigenvalue weighted by molar-refractivity contribution is -0.159. The number of methoxy groups -OCH3 is 1. The standard InChI is InChI=1S/C17H19BrN2O3.C2H2O4/c1-22-15-5-4-14(18)11-13(15)12-19-6-8-20(9-7-19)17(21)16-3-2-10-23-16;3-1(4)2(5)6/h2-5,10-11H,6-9,12H2,1H3;(H,3,4)(H,5,6). The van der Waals surface area contributed by atoms with Gasteiger partial charge < -0.3 is 24.3 Å². The molecule has 0 unspecified atom stereocenters.